The van der Waals surface area contributed by atoms with Crippen LogP contribution in [0.1, 0.15) is 33.5 Å². The normalized spacial score (nSPS) is 13.1. The molecule has 0 saturated carbocycles. The Morgan fingerprint density at radius 2 is 1.89 bits per heavy atom. The predicted molar refractivity (Wildman–Crippen MR) is 74.6 cm³/mol. The van der Waals surface area contributed by atoms with Gasteiger partial charge in [0.05, 0.1) is 5.56 Å². The highest BCUT2D eigenvalue weighted by molar-refractivity contribution is 5.79. The van der Waals surface area contributed by atoms with Crippen molar-refractivity contribution in [3.63, 3.8) is 0 Å². The molecule has 2 nitrogen and oxygen atoms in total. The van der Waals surface area contributed by atoms with E-state index in [4.69, 9.17) is 4.74 Å². The standard InChI is InChI=1S/C17H16O2/c18-11-16-4-1-2-7-17(16)19-12-13-8-9-14-5-3-6-15(14)10-13/h1-2,4,7-11H,3,5-6,12H2. The van der Waals surface area contributed by atoms with E-state index in [0.29, 0.717) is 17.9 Å². The lowest BCUT2D eigenvalue weighted by atomic mass is 10.1. The van der Waals surface area contributed by atoms with Crippen molar-refractivity contribution in [1.82, 2.24) is 0 Å². The van der Waals surface area contributed by atoms with Crippen molar-refractivity contribution in [1.29, 1.82) is 0 Å². The largest absolute Gasteiger partial charge is 0.488 e. The number of aryl methyl sites for hydroxylation is 2. The predicted octanol–water partition coefficient (Wildman–Crippen LogP) is 3.57. The Hall–Kier alpha value is -2.09. The van der Waals surface area contributed by atoms with E-state index in [1.54, 1.807) is 6.07 Å². The van der Waals surface area contributed by atoms with Crippen molar-refractivity contribution in [3.8, 4) is 5.75 Å². The number of aldehydes is 1. The number of hydrogen-bond acceptors (Lipinski definition) is 2. The number of rotatable bonds is 4. The highest BCUT2D eigenvalue weighted by Gasteiger charge is 2.11. The van der Waals surface area contributed by atoms with Crippen LogP contribution in [-0.4, -0.2) is 6.29 Å². The number of benzene rings is 2. The van der Waals surface area contributed by atoms with Crippen molar-refractivity contribution in [2.45, 2.75) is 25.9 Å². The summed E-state index contributed by atoms with van der Waals surface area (Å²) in [5.41, 5.74) is 4.69. The van der Waals surface area contributed by atoms with Gasteiger partial charge in [0.25, 0.3) is 0 Å². The minimum Gasteiger partial charge on any atom is -0.488 e. The van der Waals surface area contributed by atoms with Gasteiger partial charge in [-0.05, 0) is 48.1 Å². The molecule has 2 aromatic carbocycles. The van der Waals surface area contributed by atoms with E-state index in [1.165, 1.54) is 36.0 Å². The van der Waals surface area contributed by atoms with E-state index in [2.05, 4.69) is 18.2 Å². The summed E-state index contributed by atoms with van der Waals surface area (Å²) in [6, 6.07) is 13.9. The summed E-state index contributed by atoms with van der Waals surface area (Å²) in [6.07, 6.45) is 4.46. The van der Waals surface area contributed by atoms with Crippen molar-refractivity contribution in [2.24, 2.45) is 0 Å². The van der Waals surface area contributed by atoms with Gasteiger partial charge in [-0.15, -0.1) is 0 Å². The van der Waals surface area contributed by atoms with Gasteiger partial charge >= 0.3 is 0 Å². The van der Waals surface area contributed by atoms with Gasteiger partial charge in [0.1, 0.15) is 12.4 Å². The smallest absolute Gasteiger partial charge is 0.153 e. The lowest BCUT2D eigenvalue weighted by Crippen LogP contribution is -1.99. The molecule has 0 fully saturated rings. The first-order valence-corrected chi connectivity index (χ1v) is 6.64. The molecule has 0 unspecified atom stereocenters. The van der Waals surface area contributed by atoms with Crippen LogP contribution in [0, 0.1) is 0 Å². The summed E-state index contributed by atoms with van der Waals surface area (Å²) >= 11 is 0. The fourth-order valence-electron chi connectivity index (χ4n) is 2.59. The van der Waals surface area contributed by atoms with E-state index in [-0.39, 0.29) is 0 Å². The maximum absolute atomic E-state index is 10.9. The van der Waals surface area contributed by atoms with Crippen LogP contribution in [0.4, 0.5) is 0 Å². The van der Waals surface area contributed by atoms with E-state index in [9.17, 15) is 4.79 Å². The number of carbonyl (C=O) groups is 1. The molecule has 0 bridgehead atoms. The van der Waals surface area contributed by atoms with Crippen LogP contribution in [0.3, 0.4) is 0 Å². The van der Waals surface area contributed by atoms with Gasteiger partial charge < -0.3 is 4.74 Å². The molecule has 0 radical (unpaired) electrons. The molecular weight excluding hydrogens is 236 g/mol. The second kappa shape index (κ2) is 5.27. The van der Waals surface area contributed by atoms with Crippen molar-refractivity contribution < 1.29 is 9.53 Å². The quantitative estimate of drug-likeness (QED) is 0.778. The highest BCUT2D eigenvalue weighted by atomic mass is 16.5. The fourth-order valence-corrected chi connectivity index (χ4v) is 2.59. The van der Waals surface area contributed by atoms with Crippen molar-refractivity contribution >= 4 is 6.29 Å². The maximum atomic E-state index is 10.9. The highest BCUT2D eigenvalue weighted by Crippen LogP contribution is 2.24. The number of fused-ring (bicyclic) bond motifs is 1. The van der Waals surface area contributed by atoms with E-state index >= 15 is 0 Å². The van der Waals surface area contributed by atoms with E-state index < -0.39 is 0 Å². The molecule has 0 aromatic heterocycles. The summed E-state index contributed by atoms with van der Waals surface area (Å²) in [4.78, 5) is 10.9. The molecule has 19 heavy (non-hydrogen) atoms. The average molecular weight is 252 g/mol. The van der Waals surface area contributed by atoms with Gasteiger partial charge in [-0.1, -0.05) is 30.3 Å². The zero-order chi connectivity index (χ0) is 13.1. The van der Waals surface area contributed by atoms with Crippen LogP contribution < -0.4 is 4.74 Å². The summed E-state index contributed by atoms with van der Waals surface area (Å²) < 4.78 is 5.74. The summed E-state index contributed by atoms with van der Waals surface area (Å²) in [6.45, 7) is 0.512. The fraction of sp³-hybridized carbons (Fsp3) is 0.235. The second-order valence-corrected chi connectivity index (χ2v) is 4.90. The second-order valence-electron chi connectivity index (χ2n) is 4.90. The van der Waals surface area contributed by atoms with Crippen LogP contribution in [0.15, 0.2) is 42.5 Å². The van der Waals surface area contributed by atoms with Gasteiger partial charge in [-0.3, -0.25) is 4.79 Å². The first-order valence-electron chi connectivity index (χ1n) is 6.64. The maximum Gasteiger partial charge on any atom is 0.153 e. The zero-order valence-corrected chi connectivity index (χ0v) is 10.8. The molecule has 0 aliphatic heterocycles. The van der Waals surface area contributed by atoms with Crippen molar-refractivity contribution in [2.75, 3.05) is 0 Å². The third-order valence-corrected chi connectivity index (χ3v) is 3.60. The molecule has 0 N–H and O–H groups in total. The molecule has 0 saturated heterocycles. The van der Waals surface area contributed by atoms with Crippen LogP contribution >= 0.6 is 0 Å². The molecule has 2 heteroatoms. The first kappa shape index (κ1) is 12.0. The molecule has 3 rings (SSSR count). The van der Waals surface area contributed by atoms with Crippen LogP contribution in [0.25, 0.3) is 0 Å². The average Bonchev–Trinajstić information content (AvgIpc) is 2.93. The third-order valence-electron chi connectivity index (χ3n) is 3.60. The first-order chi connectivity index (χ1) is 9.36. The Kier molecular flexibility index (Phi) is 3.32. The molecule has 0 atom stereocenters. The molecule has 96 valence electrons. The summed E-state index contributed by atoms with van der Waals surface area (Å²) in [5.74, 6) is 0.651. The lowest BCUT2D eigenvalue weighted by Gasteiger charge is -2.09. The molecule has 2 aromatic rings. The third kappa shape index (κ3) is 2.53. The molecule has 1 aliphatic rings. The van der Waals surface area contributed by atoms with Gasteiger partial charge in [0.2, 0.25) is 0 Å². The number of ether oxygens (including phenoxy) is 1. The molecule has 0 heterocycles. The minimum absolute atomic E-state index is 0.512. The van der Waals surface area contributed by atoms with Gasteiger partial charge in [-0.2, -0.15) is 0 Å². The number of carbonyl (C=O) groups excluding carboxylic acids is 1. The van der Waals surface area contributed by atoms with Crippen molar-refractivity contribution in [3.05, 3.63) is 64.7 Å². The molecular formula is C17H16O2. The molecule has 0 spiro atoms. The Bertz CT molecular complexity index is 602. The Balaban J connectivity index is 1.74. The number of para-hydroxylation sites is 1. The van der Waals surface area contributed by atoms with Gasteiger partial charge in [0.15, 0.2) is 6.29 Å². The Morgan fingerprint density at radius 3 is 2.79 bits per heavy atom. The van der Waals surface area contributed by atoms with E-state index in [0.717, 1.165) is 6.29 Å². The molecule has 0 amide bonds. The van der Waals surface area contributed by atoms with Gasteiger partial charge in [-0.25, -0.2) is 0 Å². The van der Waals surface area contributed by atoms with E-state index in [1.807, 2.05) is 18.2 Å². The topological polar surface area (TPSA) is 26.3 Å². The van der Waals surface area contributed by atoms with Crippen LogP contribution in [0.2, 0.25) is 0 Å². The number of hydrogen-bond donors (Lipinski definition) is 0. The lowest BCUT2D eigenvalue weighted by molar-refractivity contribution is 0.111. The SMILES string of the molecule is O=Cc1ccccc1OCc1ccc2c(c1)CCC2. The Morgan fingerprint density at radius 1 is 1.05 bits per heavy atom. The molecule has 1 aliphatic carbocycles. The van der Waals surface area contributed by atoms with Gasteiger partial charge in [0, 0.05) is 0 Å². The zero-order valence-electron chi connectivity index (χ0n) is 10.8. The monoisotopic (exact) mass is 252 g/mol. The minimum atomic E-state index is 0.512. The summed E-state index contributed by atoms with van der Waals surface area (Å²) in [7, 11) is 0. The van der Waals surface area contributed by atoms with Crippen LogP contribution in [-0.2, 0) is 19.4 Å². The van der Waals surface area contributed by atoms with Crippen LogP contribution in [0.5, 0.6) is 5.75 Å². The Labute approximate surface area is 113 Å². The summed E-state index contributed by atoms with van der Waals surface area (Å²) in [5, 5.41) is 0.